The van der Waals surface area contributed by atoms with Crippen LogP contribution in [0.5, 0.6) is 0 Å². The van der Waals surface area contributed by atoms with Crippen molar-refractivity contribution >= 4 is 38.4 Å². The molecule has 4 aromatic rings. The molecule has 0 fully saturated rings. The van der Waals surface area contributed by atoms with Crippen molar-refractivity contribution in [1.82, 2.24) is 20.0 Å². The summed E-state index contributed by atoms with van der Waals surface area (Å²) in [6.45, 7) is 0.156. The molecule has 0 unspecified atom stereocenters. The van der Waals surface area contributed by atoms with Crippen LogP contribution in [0.2, 0.25) is 5.02 Å². The summed E-state index contributed by atoms with van der Waals surface area (Å²) in [6.07, 6.45) is 3.03. The number of rotatable bonds is 8. The number of carbonyl (C=O) groups is 1. The molecule has 1 amide bonds. The fraction of sp³-hybridized carbons (Fsp3) is 0.125. The first kappa shape index (κ1) is 24.5. The van der Waals surface area contributed by atoms with Crippen LogP contribution in [0.25, 0.3) is 10.9 Å². The highest BCUT2D eigenvalue weighted by atomic mass is 35.5. The van der Waals surface area contributed by atoms with E-state index in [0.29, 0.717) is 17.1 Å². The van der Waals surface area contributed by atoms with Crippen molar-refractivity contribution in [2.75, 3.05) is 6.54 Å². The standard InChI is InChI=1S/C24H20ClFN4O4S/c25-16-6-4-15(5-7-16)13-29-24(32)20-14-28-22-19(23(20)31)11-17(26)12-21(22)35(33,34)30-10-8-18-3-1-2-9-27-18/h1-7,9,11-12,14,30H,8,10,13H2,(H,28,31)(H,29,32). The van der Waals surface area contributed by atoms with Gasteiger partial charge in [0.1, 0.15) is 16.3 Å². The highest BCUT2D eigenvalue weighted by Gasteiger charge is 2.22. The van der Waals surface area contributed by atoms with E-state index in [1.807, 2.05) is 0 Å². The van der Waals surface area contributed by atoms with Crippen molar-refractivity contribution in [2.45, 2.75) is 17.9 Å². The van der Waals surface area contributed by atoms with E-state index in [2.05, 4.69) is 20.0 Å². The number of benzene rings is 2. The predicted molar refractivity (Wildman–Crippen MR) is 130 cm³/mol. The zero-order chi connectivity index (χ0) is 25.0. The van der Waals surface area contributed by atoms with E-state index < -0.39 is 32.1 Å². The smallest absolute Gasteiger partial charge is 0.257 e. The Bertz CT molecular complexity index is 1540. The van der Waals surface area contributed by atoms with E-state index in [-0.39, 0.29) is 29.6 Å². The zero-order valence-corrected chi connectivity index (χ0v) is 19.8. The fourth-order valence-electron chi connectivity index (χ4n) is 3.46. The van der Waals surface area contributed by atoms with Crippen LogP contribution in [0, 0.1) is 5.82 Å². The van der Waals surface area contributed by atoms with Gasteiger partial charge in [-0.1, -0.05) is 29.8 Å². The first-order chi connectivity index (χ1) is 16.7. The summed E-state index contributed by atoms with van der Waals surface area (Å²) in [5, 5.41) is 2.90. The van der Waals surface area contributed by atoms with E-state index in [1.54, 1.807) is 48.7 Å². The van der Waals surface area contributed by atoms with Gasteiger partial charge in [0.15, 0.2) is 0 Å². The van der Waals surface area contributed by atoms with Crippen LogP contribution in [0.4, 0.5) is 4.39 Å². The number of H-pyrrole nitrogens is 1. The minimum atomic E-state index is -4.18. The summed E-state index contributed by atoms with van der Waals surface area (Å²) in [7, 11) is -4.18. The molecule has 0 saturated carbocycles. The molecule has 2 aromatic heterocycles. The summed E-state index contributed by atoms with van der Waals surface area (Å²) < 4.78 is 42.5. The zero-order valence-electron chi connectivity index (χ0n) is 18.2. The van der Waals surface area contributed by atoms with Gasteiger partial charge < -0.3 is 10.3 Å². The van der Waals surface area contributed by atoms with Gasteiger partial charge in [0.05, 0.1) is 10.9 Å². The van der Waals surface area contributed by atoms with Crippen LogP contribution in [0.15, 0.2) is 76.7 Å². The Balaban J connectivity index is 1.58. The summed E-state index contributed by atoms with van der Waals surface area (Å²) in [6, 6.07) is 13.8. The van der Waals surface area contributed by atoms with Crippen LogP contribution in [0.3, 0.4) is 0 Å². The monoisotopic (exact) mass is 514 g/mol. The molecule has 8 nitrogen and oxygen atoms in total. The normalized spacial score (nSPS) is 11.5. The molecule has 11 heteroatoms. The molecule has 2 heterocycles. The molecule has 0 aliphatic heterocycles. The molecule has 0 saturated heterocycles. The number of pyridine rings is 2. The van der Waals surface area contributed by atoms with Crippen LogP contribution in [-0.4, -0.2) is 30.8 Å². The van der Waals surface area contributed by atoms with Gasteiger partial charge in [0, 0.05) is 42.6 Å². The number of fused-ring (bicyclic) bond motifs is 1. The molecule has 0 aliphatic rings. The molecule has 0 bridgehead atoms. The van der Waals surface area contributed by atoms with Gasteiger partial charge in [0.2, 0.25) is 15.5 Å². The van der Waals surface area contributed by atoms with Crippen molar-refractivity contribution in [1.29, 1.82) is 0 Å². The predicted octanol–water partition coefficient (Wildman–Crippen LogP) is 3.17. The number of hydrogen-bond donors (Lipinski definition) is 3. The Labute approximate surface area is 205 Å². The summed E-state index contributed by atoms with van der Waals surface area (Å²) >= 11 is 5.85. The average Bonchev–Trinajstić information content (AvgIpc) is 2.84. The number of amides is 1. The van der Waals surface area contributed by atoms with Gasteiger partial charge in [-0.25, -0.2) is 17.5 Å². The second-order valence-corrected chi connectivity index (χ2v) is 9.81. The number of aromatic nitrogens is 2. The van der Waals surface area contributed by atoms with Crippen LogP contribution in [-0.2, 0) is 23.0 Å². The van der Waals surface area contributed by atoms with Gasteiger partial charge in [-0.2, -0.15) is 0 Å². The third kappa shape index (κ3) is 5.73. The third-order valence-corrected chi connectivity index (χ3v) is 6.95. The number of carbonyl (C=O) groups excluding carboxylic acids is 1. The topological polar surface area (TPSA) is 121 Å². The Kier molecular flexibility index (Phi) is 7.25. The second kappa shape index (κ2) is 10.3. The number of halogens is 2. The van der Waals surface area contributed by atoms with Gasteiger partial charge in [-0.05, 0) is 42.0 Å². The SMILES string of the molecule is O=C(NCc1ccc(Cl)cc1)c1c[nH]c2c(S(=O)(=O)NCCc3ccccn3)cc(F)cc2c1=O. The second-order valence-electron chi connectivity index (χ2n) is 7.64. The molecule has 0 spiro atoms. The van der Waals surface area contributed by atoms with E-state index >= 15 is 0 Å². The van der Waals surface area contributed by atoms with Crippen LogP contribution >= 0.6 is 11.6 Å². The lowest BCUT2D eigenvalue weighted by Crippen LogP contribution is -2.29. The van der Waals surface area contributed by atoms with E-state index in [9.17, 15) is 22.4 Å². The first-order valence-corrected chi connectivity index (χ1v) is 12.4. The van der Waals surface area contributed by atoms with Gasteiger partial charge in [-0.15, -0.1) is 0 Å². The lowest BCUT2D eigenvalue weighted by molar-refractivity contribution is 0.0949. The minimum absolute atomic E-state index is 0.0206. The molecule has 0 atom stereocenters. The molecular formula is C24H20ClFN4O4S. The summed E-state index contributed by atoms with van der Waals surface area (Å²) in [5.74, 6) is -1.61. The van der Waals surface area contributed by atoms with E-state index in [4.69, 9.17) is 11.6 Å². The van der Waals surface area contributed by atoms with Gasteiger partial charge in [-0.3, -0.25) is 14.6 Å². The minimum Gasteiger partial charge on any atom is -0.359 e. The fourth-order valence-corrected chi connectivity index (χ4v) is 4.82. The molecule has 4 rings (SSSR count). The van der Waals surface area contributed by atoms with Crippen LogP contribution < -0.4 is 15.5 Å². The van der Waals surface area contributed by atoms with E-state index in [1.165, 1.54) is 0 Å². The largest absolute Gasteiger partial charge is 0.359 e. The average molecular weight is 515 g/mol. The summed E-state index contributed by atoms with van der Waals surface area (Å²) in [4.78, 5) is 31.9. The Hall–Kier alpha value is -3.60. The maximum absolute atomic E-state index is 14.4. The van der Waals surface area contributed by atoms with Crippen molar-refractivity contribution in [3.05, 3.63) is 105 Å². The molecule has 180 valence electrons. The Morgan fingerprint density at radius 3 is 2.60 bits per heavy atom. The molecule has 2 aromatic carbocycles. The lowest BCUT2D eigenvalue weighted by atomic mass is 10.1. The highest BCUT2D eigenvalue weighted by molar-refractivity contribution is 7.89. The molecule has 35 heavy (non-hydrogen) atoms. The Morgan fingerprint density at radius 1 is 1.11 bits per heavy atom. The first-order valence-electron chi connectivity index (χ1n) is 10.5. The third-order valence-electron chi connectivity index (χ3n) is 5.22. The maximum atomic E-state index is 14.4. The highest BCUT2D eigenvalue weighted by Crippen LogP contribution is 2.21. The molecular weight excluding hydrogens is 495 g/mol. The Morgan fingerprint density at radius 2 is 1.89 bits per heavy atom. The number of aromatic amines is 1. The van der Waals surface area contributed by atoms with Crippen LogP contribution in [0.1, 0.15) is 21.6 Å². The lowest BCUT2D eigenvalue weighted by Gasteiger charge is -2.11. The number of nitrogens with zero attached hydrogens (tertiary/aromatic N) is 1. The quantitative estimate of drug-likeness (QED) is 0.333. The van der Waals surface area contributed by atoms with Crippen molar-refractivity contribution in [3.8, 4) is 0 Å². The molecule has 0 radical (unpaired) electrons. The molecule has 0 aliphatic carbocycles. The summed E-state index contributed by atoms with van der Waals surface area (Å²) in [5.41, 5.74) is 0.273. The van der Waals surface area contributed by atoms with Crippen molar-refractivity contribution in [3.63, 3.8) is 0 Å². The number of sulfonamides is 1. The van der Waals surface area contributed by atoms with Crippen molar-refractivity contribution in [2.24, 2.45) is 0 Å². The molecule has 3 N–H and O–H groups in total. The van der Waals surface area contributed by atoms with Crippen molar-refractivity contribution < 1.29 is 17.6 Å². The maximum Gasteiger partial charge on any atom is 0.257 e. The van der Waals surface area contributed by atoms with E-state index in [0.717, 1.165) is 23.9 Å². The van der Waals surface area contributed by atoms with Gasteiger partial charge in [0.25, 0.3) is 5.91 Å². The number of nitrogens with one attached hydrogen (secondary N) is 3. The number of hydrogen-bond acceptors (Lipinski definition) is 5. The van der Waals surface area contributed by atoms with Gasteiger partial charge >= 0.3 is 0 Å².